The molecule has 2 rings (SSSR count). The van der Waals surface area contributed by atoms with Crippen LogP contribution in [0, 0.1) is 18.6 Å². The Bertz CT molecular complexity index is 517. The van der Waals surface area contributed by atoms with Gasteiger partial charge in [0.05, 0.1) is 5.69 Å². The molecule has 0 aliphatic carbocycles. The molecule has 0 radical (unpaired) electrons. The number of benzene rings is 1. The van der Waals surface area contributed by atoms with Gasteiger partial charge in [-0.15, -0.1) is 11.3 Å². The number of nitrogens with zero attached hydrogens (tertiary/aromatic N) is 1. The summed E-state index contributed by atoms with van der Waals surface area (Å²) in [6.07, 6.45) is 0.737. The topological polar surface area (TPSA) is 38.9 Å². The molecule has 2 nitrogen and oxygen atoms in total. The number of rotatable bonds is 3. The maximum Gasteiger partial charge on any atom is 0.126 e. The zero-order chi connectivity index (χ0) is 12.4. The van der Waals surface area contributed by atoms with Gasteiger partial charge in [-0.2, -0.15) is 0 Å². The molecule has 0 atom stereocenters. The Kier molecular flexibility index (Phi) is 3.49. The molecule has 2 aromatic rings. The lowest BCUT2D eigenvalue weighted by atomic mass is 10.2. The zero-order valence-electron chi connectivity index (χ0n) is 9.34. The van der Waals surface area contributed by atoms with Gasteiger partial charge in [-0.25, -0.2) is 13.8 Å². The Labute approximate surface area is 102 Å². The average Bonchev–Trinajstić information content (AvgIpc) is 2.60. The second-order valence-corrected chi connectivity index (χ2v) is 4.81. The van der Waals surface area contributed by atoms with Gasteiger partial charge in [-0.3, -0.25) is 0 Å². The first-order valence-corrected chi connectivity index (χ1v) is 6.04. The van der Waals surface area contributed by atoms with Crippen molar-refractivity contribution in [3.8, 4) is 10.6 Å². The molecule has 1 heterocycles. The van der Waals surface area contributed by atoms with Crippen molar-refractivity contribution in [2.24, 2.45) is 5.73 Å². The van der Waals surface area contributed by atoms with Gasteiger partial charge in [0.25, 0.3) is 0 Å². The maximum absolute atomic E-state index is 13.1. The lowest BCUT2D eigenvalue weighted by molar-refractivity contribution is 0.584. The van der Waals surface area contributed by atoms with Crippen molar-refractivity contribution in [1.29, 1.82) is 0 Å². The summed E-state index contributed by atoms with van der Waals surface area (Å²) in [5, 5.41) is 0.629. The number of thiazole rings is 1. The highest BCUT2D eigenvalue weighted by atomic mass is 32.1. The molecule has 0 aliphatic heterocycles. The van der Waals surface area contributed by atoms with E-state index in [1.54, 1.807) is 0 Å². The molecule has 17 heavy (non-hydrogen) atoms. The molecular weight excluding hydrogens is 242 g/mol. The van der Waals surface area contributed by atoms with Gasteiger partial charge in [-0.1, -0.05) is 0 Å². The quantitative estimate of drug-likeness (QED) is 0.914. The number of hydrogen-bond donors (Lipinski definition) is 1. The van der Waals surface area contributed by atoms with Crippen molar-refractivity contribution in [1.82, 2.24) is 4.98 Å². The molecule has 0 bridgehead atoms. The van der Waals surface area contributed by atoms with Crippen LogP contribution in [-0.4, -0.2) is 11.5 Å². The highest BCUT2D eigenvalue weighted by molar-refractivity contribution is 7.15. The van der Waals surface area contributed by atoms with Crippen molar-refractivity contribution < 1.29 is 8.78 Å². The lowest BCUT2D eigenvalue weighted by Gasteiger charge is -1.97. The molecule has 0 saturated carbocycles. The summed E-state index contributed by atoms with van der Waals surface area (Å²) in [5.41, 5.74) is 6.83. The SMILES string of the molecule is Cc1nc(-c2cc(F)cc(F)c2)sc1CCN. The molecule has 0 spiro atoms. The van der Waals surface area contributed by atoms with Crippen LogP contribution >= 0.6 is 11.3 Å². The molecule has 0 amide bonds. The maximum atomic E-state index is 13.1. The van der Waals surface area contributed by atoms with E-state index in [-0.39, 0.29) is 0 Å². The summed E-state index contributed by atoms with van der Waals surface area (Å²) in [6.45, 7) is 2.42. The molecule has 0 fully saturated rings. The first kappa shape index (κ1) is 12.1. The first-order valence-electron chi connectivity index (χ1n) is 5.23. The van der Waals surface area contributed by atoms with Gasteiger partial charge < -0.3 is 5.73 Å². The molecule has 0 unspecified atom stereocenters. The Morgan fingerprint density at radius 2 is 1.88 bits per heavy atom. The third-order valence-corrected chi connectivity index (χ3v) is 3.64. The summed E-state index contributed by atoms with van der Waals surface area (Å²) in [5.74, 6) is -1.18. The Hall–Kier alpha value is -1.33. The fraction of sp³-hybridized carbons (Fsp3) is 0.250. The van der Waals surface area contributed by atoms with E-state index < -0.39 is 11.6 Å². The van der Waals surface area contributed by atoms with Crippen molar-refractivity contribution in [3.63, 3.8) is 0 Å². The van der Waals surface area contributed by atoms with Crippen LogP contribution in [0.1, 0.15) is 10.6 Å². The van der Waals surface area contributed by atoms with E-state index in [1.807, 2.05) is 6.92 Å². The molecular formula is C12H12F2N2S. The van der Waals surface area contributed by atoms with E-state index in [0.29, 0.717) is 17.1 Å². The summed E-state index contributed by atoms with van der Waals surface area (Å²) in [6, 6.07) is 3.42. The monoisotopic (exact) mass is 254 g/mol. The largest absolute Gasteiger partial charge is 0.330 e. The van der Waals surface area contributed by atoms with E-state index >= 15 is 0 Å². The molecule has 90 valence electrons. The normalized spacial score (nSPS) is 10.8. The van der Waals surface area contributed by atoms with E-state index in [0.717, 1.165) is 23.1 Å². The van der Waals surface area contributed by atoms with Gasteiger partial charge >= 0.3 is 0 Å². The number of nitrogens with two attached hydrogens (primary N) is 1. The zero-order valence-corrected chi connectivity index (χ0v) is 10.2. The number of halogens is 2. The minimum absolute atomic E-state index is 0.471. The summed E-state index contributed by atoms with van der Waals surface area (Å²) < 4.78 is 26.2. The lowest BCUT2D eigenvalue weighted by Crippen LogP contribution is -2.01. The average molecular weight is 254 g/mol. The second-order valence-electron chi connectivity index (χ2n) is 3.72. The van der Waals surface area contributed by atoms with Crippen LogP contribution in [0.25, 0.3) is 10.6 Å². The van der Waals surface area contributed by atoms with Crippen molar-refractivity contribution in [2.45, 2.75) is 13.3 Å². The Morgan fingerprint density at radius 3 is 2.47 bits per heavy atom. The Balaban J connectivity index is 2.42. The van der Waals surface area contributed by atoms with E-state index in [4.69, 9.17) is 5.73 Å². The number of aromatic nitrogens is 1. The molecule has 0 aliphatic rings. The fourth-order valence-electron chi connectivity index (χ4n) is 1.59. The predicted octanol–water partition coefficient (Wildman–Crippen LogP) is 2.90. The molecule has 0 saturated heterocycles. The van der Waals surface area contributed by atoms with Gasteiger partial charge in [0, 0.05) is 16.5 Å². The van der Waals surface area contributed by atoms with Gasteiger partial charge in [0.1, 0.15) is 16.6 Å². The van der Waals surface area contributed by atoms with Crippen molar-refractivity contribution in [2.75, 3.05) is 6.54 Å². The van der Waals surface area contributed by atoms with E-state index in [1.165, 1.54) is 23.5 Å². The van der Waals surface area contributed by atoms with Gasteiger partial charge in [0.15, 0.2) is 0 Å². The van der Waals surface area contributed by atoms with Crippen LogP contribution in [0.5, 0.6) is 0 Å². The smallest absolute Gasteiger partial charge is 0.126 e. The highest BCUT2D eigenvalue weighted by Gasteiger charge is 2.10. The third-order valence-electron chi connectivity index (χ3n) is 2.37. The number of hydrogen-bond acceptors (Lipinski definition) is 3. The van der Waals surface area contributed by atoms with Crippen LogP contribution in [0.2, 0.25) is 0 Å². The fourth-order valence-corrected chi connectivity index (χ4v) is 2.66. The summed E-state index contributed by atoms with van der Waals surface area (Å²) in [7, 11) is 0. The van der Waals surface area contributed by atoms with Crippen molar-refractivity contribution in [3.05, 3.63) is 40.4 Å². The van der Waals surface area contributed by atoms with Gasteiger partial charge in [-0.05, 0) is 32.0 Å². The Morgan fingerprint density at radius 1 is 1.24 bits per heavy atom. The summed E-state index contributed by atoms with van der Waals surface area (Å²) in [4.78, 5) is 5.37. The molecule has 5 heteroatoms. The van der Waals surface area contributed by atoms with Crippen LogP contribution in [0.3, 0.4) is 0 Å². The third kappa shape index (κ3) is 2.68. The minimum atomic E-state index is -0.590. The molecule has 1 aromatic carbocycles. The van der Waals surface area contributed by atoms with E-state index in [2.05, 4.69) is 4.98 Å². The highest BCUT2D eigenvalue weighted by Crippen LogP contribution is 2.29. The predicted molar refractivity (Wildman–Crippen MR) is 65.0 cm³/mol. The minimum Gasteiger partial charge on any atom is -0.330 e. The number of aryl methyl sites for hydroxylation is 1. The van der Waals surface area contributed by atoms with Crippen LogP contribution in [0.4, 0.5) is 8.78 Å². The second kappa shape index (κ2) is 4.89. The molecule has 1 aromatic heterocycles. The summed E-state index contributed by atoms with van der Waals surface area (Å²) >= 11 is 1.43. The van der Waals surface area contributed by atoms with Crippen LogP contribution < -0.4 is 5.73 Å². The van der Waals surface area contributed by atoms with Crippen LogP contribution in [-0.2, 0) is 6.42 Å². The van der Waals surface area contributed by atoms with Crippen LogP contribution in [0.15, 0.2) is 18.2 Å². The van der Waals surface area contributed by atoms with E-state index in [9.17, 15) is 8.78 Å². The van der Waals surface area contributed by atoms with Crippen molar-refractivity contribution >= 4 is 11.3 Å². The molecule has 2 N–H and O–H groups in total. The standard InChI is InChI=1S/C12H12F2N2S/c1-7-11(2-3-15)17-12(16-7)8-4-9(13)6-10(14)5-8/h4-6H,2-3,15H2,1H3. The van der Waals surface area contributed by atoms with Gasteiger partial charge in [0.2, 0.25) is 0 Å². The first-order chi connectivity index (χ1) is 8.10.